The fourth-order valence-corrected chi connectivity index (χ4v) is 3.76. The summed E-state index contributed by atoms with van der Waals surface area (Å²) in [4.78, 5) is 42.1. The molecule has 1 heterocycles. The molecule has 9 heteroatoms. The van der Waals surface area contributed by atoms with E-state index in [1.54, 1.807) is 56.5 Å². The maximum absolute atomic E-state index is 12.9. The Balaban J connectivity index is 1.79. The van der Waals surface area contributed by atoms with Crippen LogP contribution in [0.1, 0.15) is 17.3 Å². The van der Waals surface area contributed by atoms with E-state index in [9.17, 15) is 14.4 Å². The Labute approximate surface area is 183 Å². The highest BCUT2D eigenvalue weighted by atomic mass is 32.2. The van der Waals surface area contributed by atoms with Crippen LogP contribution in [-0.4, -0.2) is 47.5 Å². The zero-order valence-electron chi connectivity index (χ0n) is 17.3. The van der Waals surface area contributed by atoms with E-state index in [1.165, 1.54) is 4.57 Å². The third-order valence-corrected chi connectivity index (χ3v) is 5.35. The van der Waals surface area contributed by atoms with Gasteiger partial charge in [0, 0.05) is 7.11 Å². The van der Waals surface area contributed by atoms with Crippen LogP contribution < -0.4 is 10.9 Å². The zero-order chi connectivity index (χ0) is 22.2. The van der Waals surface area contributed by atoms with Crippen molar-refractivity contribution in [2.75, 3.05) is 31.4 Å². The number of carbonyl (C=O) groups is 2. The molecule has 0 fully saturated rings. The smallest absolute Gasteiger partial charge is 0.340 e. The van der Waals surface area contributed by atoms with Crippen molar-refractivity contribution in [1.82, 2.24) is 9.55 Å². The Morgan fingerprint density at radius 2 is 1.87 bits per heavy atom. The van der Waals surface area contributed by atoms with Crippen molar-refractivity contribution < 1.29 is 19.1 Å². The molecule has 1 amide bonds. The lowest BCUT2D eigenvalue weighted by Crippen LogP contribution is -2.26. The number of fused-ring (bicyclic) bond motifs is 1. The van der Waals surface area contributed by atoms with Gasteiger partial charge in [0.25, 0.3) is 5.56 Å². The van der Waals surface area contributed by atoms with E-state index >= 15 is 0 Å². The number of aromatic nitrogens is 2. The molecule has 0 saturated carbocycles. The SMILES string of the molecule is CCOC(=O)c1ccccc1NC(=O)CSc1nc2ccccc2c(=O)n1CCOC. The molecule has 1 aromatic heterocycles. The normalized spacial score (nSPS) is 10.8. The first-order chi connectivity index (χ1) is 15.0. The molecule has 3 aromatic rings. The van der Waals surface area contributed by atoms with Gasteiger partial charge in [0.1, 0.15) is 0 Å². The minimum absolute atomic E-state index is 0.00885. The average Bonchev–Trinajstić information content (AvgIpc) is 2.78. The van der Waals surface area contributed by atoms with Crippen molar-refractivity contribution in [3.8, 4) is 0 Å². The minimum Gasteiger partial charge on any atom is -0.462 e. The predicted molar refractivity (Wildman–Crippen MR) is 120 cm³/mol. The van der Waals surface area contributed by atoms with Crippen LogP contribution in [-0.2, 0) is 20.8 Å². The molecule has 1 N–H and O–H groups in total. The van der Waals surface area contributed by atoms with Crippen molar-refractivity contribution in [3.05, 3.63) is 64.4 Å². The van der Waals surface area contributed by atoms with E-state index in [2.05, 4.69) is 10.3 Å². The molecular weight excluding hydrogens is 418 g/mol. The summed E-state index contributed by atoms with van der Waals surface area (Å²) in [7, 11) is 1.56. The van der Waals surface area contributed by atoms with Crippen LogP contribution >= 0.6 is 11.8 Å². The summed E-state index contributed by atoms with van der Waals surface area (Å²) in [5, 5.41) is 3.67. The zero-order valence-corrected chi connectivity index (χ0v) is 18.1. The number of carbonyl (C=O) groups excluding carboxylic acids is 2. The van der Waals surface area contributed by atoms with Crippen LogP contribution in [0.3, 0.4) is 0 Å². The second-order valence-corrected chi connectivity index (χ2v) is 7.41. The molecule has 162 valence electrons. The summed E-state index contributed by atoms with van der Waals surface area (Å²) in [5.41, 5.74) is 1.04. The predicted octanol–water partition coefficient (Wildman–Crippen LogP) is 2.95. The molecule has 0 unspecified atom stereocenters. The molecule has 8 nitrogen and oxygen atoms in total. The summed E-state index contributed by atoms with van der Waals surface area (Å²) in [6, 6.07) is 13.7. The Morgan fingerprint density at radius 1 is 1.13 bits per heavy atom. The van der Waals surface area contributed by atoms with E-state index in [0.717, 1.165) is 11.8 Å². The van der Waals surface area contributed by atoms with Crippen LogP contribution in [0.5, 0.6) is 0 Å². The van der Waals surface area contributed by atoms with Gasteiger partial charge in [-0.3, -0.25) is 14.2 Å². The Morgan fingerprint density at radius 3 is 2.65 bits per heavy atom. The summed E-state index contributed by atoms with van der Waals surface area (Å²) in [6.45, 7) is 2.62. The van der Waals surface area contributed by atoms with Gasteiger partial charge in [-0.1, -0.05) is 36.0 Å². The first-order valence-electron chi connectivity index (χ1n) is 9.72. The number of methoxy groups -OCH3 is 1. The van der Waals surface area contributed by atoms with Gasteiger partial charge in [-0.05, 0) is 31.2 Å². The number of thioether (sulfide) groups is 1. The maximum atomic E-state index is 12.9. The number of rotatable bonds is 9. The molecule has 3 rings (SSSR count). The fourth-order valence-electron chi connectivity index (χ4n) is 2.93. The van der Waals surface area contributed by atoms with Crippen molar-refractivity contribution in [2.24, 2.45) is 0 Å². The molecule has 0 bridgehead atoms. The van der Waals surface area contributed by atoms with Gasteiger partial charge in [-0.2, -0.15) is 0 Å². The Bertz CT molecular complexity index is 1150. The van der Waals surface area contributed by atoms with Crippen molar-refractivity contribution in [2.45, 2.75) is 18.6 Å². The molecule has 0 aliphatic carbocycles. The first-order valence-corrected chi connectivity index (χ1v) is 10.7. The summed E-state index contributed by atoms with van der Waals surface area (Å²) >= 11 is 1.15. The van der Waals surface area contributed by atoms with E-state index in [1.807, 2.05) is 6.07 Å². The van der Waals surface area contributed by atoms with Crippen molar-refractivity contribution in [1.29, 1.82) is 0 Å². The minimum atomic E-state index is -0.504. The number of amides is 1. The summed E-state index contributed by atoms with van der Waals surface area (Å²) < 4.78 is 11.6. The molecule has 0 aliphatic rings. The Kier molecular flexibility index (Phi) is 7.80. The maximum Gasteiger partial charge on any atom is 0.340 e. The lowest BCUT2D eigenvalue weighted by Gasteiger charge is -2.13. The van der Waals surface area contributed by atoms with Crippen LogP contribution in [0.25, 0.3) is 10.9 Å². The number of hydrogen-bond acceptors (Lipinski definition) is 7. The number of esters is 1. The van der Waals surface area contributed by atoms with Crippen molar-refractivity contribution >= 4 is 40.2 Å². The lowest BCUT2D eigenvalue weighted by atomic mass is 10.2. The van der Waals surface area contributed by atoms with Crippen LogP contribution in [0.2, 0.25) is 0 Å². The highest BCUT2D eigenvalue weighted by molar-refractivity contribution is 7.99. The monoisotopic (exact) mass is 441 g/mol. The molecule has 31 heavy (non-hydrogen) atoms. The van der Waals surface area contributed by atoms with E-state index in [4.69, 9.17) is 9.47 Å². The number of para-hydroxylation sites is 2. The second-order valence-electron chi connectivity index (χ2n) is 6.46. The number of hydrogen-bond donors (Lipinski definition) is 1. The average molecular weight is 442 g/mol. The van der Waals surface area contributed by atoms with Crippen LogP contribution in [0.15, 0.2) is 58.5 Å². The molecule has 0 saturated heterocycles. The summed E-state index contributed by atoms with van der Waals surface area (Å²) in [5.74, 6) is -0.826. The summed E-state index contributed by atoms with van der Waals surface area (Å²) in [6.07, 6.45) is 0. The van der Waals surface area contributed by atoms with E-state index < -0.39 is 5.97 Å². The highest BCUT2D eigenvalue weighted by Crippen LogP contribution is 2.20. The van der Waals surface area contributed by atoms with Gasteiger partial charge in [0.05, 0.1) is 47.7 Å². The number of anilines is 1. The molecule has 0 atom stereocenters. The van der Waals surface area contributed by atoms with Crippen LogP contribution in [0.4, 0.5) is 5.69 Å². The first kappa shape index (κ1) is 22.5. The molecule has 0 spiro atoms. The van der Waals surface area contributed by atoms with Gasteiger partial charge in [-0.25, -0.2) is 9.78 Å². The van der Waals surface area contributed by atoms with Gasteiger partial charge < -0.3 is 14.8 Å². The number of nitrogens with one attached hydrogen (secondary N) is 1. The molecule has 0 radical (unpaired) electrons. The number of nitrogens with zero attached hydrogens (tertiary/aromatic N) is 2. The second kappa shape index (κ2) is 10.7. The third-order valence-electron chi connectivity index (χ3n) is 4.37. The lowest BCUT2D eigenvalue weighted by molar-refractivity contribution is -0.113. The van der Waals surface area contributed by atoms with E-state index in [-0.39, 0.29) is 29.4 Å². The van der Waals surface area contributed by atoms with Gasteiger partial charge >= 0.3 is 5.97 Å². The number of ether oxygens (including phenoxy) is 2. The fraction of sp³-hybridized carbons (Fsp3) is 0.273. The van der Waals surface area contributed by atoms with E-state index in [0.29, 0.717) is 34.9 Å². The topological polar surface area (TPSA) is 99.5 Å². The standard InChI is InChI=1S/C22H23N3O5S/c1-3-30-21(28)16-9-5-7-11-18(16)23-19(26)14-31-22-24-17-10-6-4-8-15(17)20(27)25(22)12-13-29-2/h4-11H,3,12-14H2,1-2H3,(H,23,26). The third kappa shape index (κ3) is 5.50. The highest BCUT2D eigenvalue weighted by Gasteiger charge is 2.16. The quantitative estimate of drug-likeness (QED) is 0.310. The largest absolute Gasteiger partial charge is 0.462 e. The van der Waals surface area contributed by atoms with Gasteiger partial charge in [0.2, 0.25) is 5.91 Å². The van der Waals surface area contributed by atoms with Crippen molar-refractivity contribution in [3.63, 3.8) is 0 Å². The number of benzene rings is 2. The molecule has 0 aliphatic heterocycles. The molecular formula is C22H23N3O5S. The van der Waals surface area contributed by atoms with Gasteiger partial charge in [-0.15, -0.1) is 0 Å². The van der Waals surface area contributed by atoms with Crippen LogP contribution in [0, 0.1) is 0 Å². The molecule has 2 aromatic carbocycles. The Hall–Kier alpha value is -3.17. The van der Waals surface area contributed by atoms with Gasteiger partial charge in [0.15, 0.2) is 5.16 Å².